The molecule has 8 N–H and O–H groups in total. The van der Waals surface area contributed by atoms with Crippen molar-refractivity contribution in [1.82, 2.24) is 21.3 Å². The molecule has 5 aromatic rings. The van der Waals surface area contributed by atoms with Gasteiger partial charge in [0.25, 0.3) is 11.8 Å². The van der Waals surface area contributed by atoms with Gasteiger partial charge in [-0.3, -0.25) is 24.0 Å². The highest BCUT2D eigenvalue weighted by molar-refractivity contribution is 7.09. The van der Waals surface area contributed by atoms with Gasteiger partial charge in [-0.2, -0.15) is 0 Å². The highest BCUT2D eigenvalue weighted by atomic mass is 32.1. The third-order valence-corrected chi connectivity index (χ3v) is 10.4. The second-order valence-corrected chi connectivity index (χ2v) is 14.7. The van der Waals surface area contributed by atoms with Gasteiger partial charge in [-0.15, -0.1) is 11.3 Å². The largest absolute Gasteiger partial charge is 0.480 e. The van der Waals surface area contributed by atoms with Gasteiger partial charge in [-0.05, 0) is 58.0 Å². The molecule has 2 aliphatic rings. The van der Waals surface area contributed by atoms with Crippen LogP contribution in [0.15, 0.2) is 119 Å². The summed E-state index contributed by atoms with van der Waals surface area (Å²) >= 11 is 1.29. The number of rotatable bonds is 8. The molecule has 6 atom stereocenters. The highest BCUT2D eigenvalue weighted by Gasteiger charge is 2.36. The molecule has 0 saturated heterocycles. The number of furan rings is 1. The van der Waals surface area contributed by atoms with Crippen LogP contribution in [0.1, 0.15) is 21.8 Å². The number of hydrogen-bond donors (Lipinski definition) is 8. The average Bonchev–Trinajstić information content (AvgIpc) is 3.95. The van der Waals surface area contributed by atoms with Crippen LogP contribution < -0.4 is 26.6 Å². The number of thiophene rings is 1. The van der Waals surface area contributed by atoms with Crippen molar-refractivity contribution in [3.05, 3.63) is 137 Å². The molecule has 58 heavy (non-hydrogen) atoms. The first kappa shape index (κ1) is 41.0. The van der Waals surface area contributed by atoms with Crippen LogP contribution in [0.4, 0.5) is 5.69 Å². The van der Waals surface area contributed by atoms with E-state index in [1.165, 1.54) is 41.9 Å². The summed E-state index contributed by atoms with van der Waals surface area (Å²) in [7, 11) is 0. The lowest BCUT2D eigenvalue weighted by Gasteiger charge is -2.26. The van der Waals surface area contributed by atoms with Crippen LogP contribution in [-0.4, -0.2) is 87.2 Å². The smallest absolute Gasteiger partial charge is 0.326 e. The molecule has 16 heteroatoms. The number of carbonyl (C=O) groups excluding carboxylic acids is 5. The van der Waals surface area contributed by atoms with Crippen LogP contribution >= 0.6 is 11.3 Å². The van der Waals surface area contributed by atoms with Gasteiger partial charge in [0.2, 0.25) is 17.7 Å². The Hall–Kier alpha value is -6.62. The summed E-state index contributed by atoms with van der Waals surface area (Å²) in [5, 5.41) is 46.0. The van der Waals surface area contributed by atoms with E-state index in [0.717, 1.165) is 11.1 Å². The zero-order chi connectivity index (χ0) is 41.2. The molecule has 2 bridgehead atoms. The Balaban J connectivity index is 1.36. The molecule has 7 rings (SSSR count). The number of benzene rings is 3. The van der Waals surface area contributed by atoms with E-state index < -0.39 is 71.9 Å². The zero-order valence-electron chi connectivity index (χ0n) is 30.9. The van der Waals surface area contributed by atoms with Crippen molar-refractivity contribution in [3.63, 3.8) is 0 Å². The van der Waals surface area contributed by atoms with Gasteiger partial charge in [0.05, 0.1) is 6.26 Å². The quantitative estimate of drug-likeness (QED) is 0.106. The number of nitrogens with one attached hydrogen (secondary N) is 5. The van der Waals surface area contributed by atoms with Crippen molar-refractivity contribution in [3.8, 4) is 11.1 Å². The summed E-state index contributed by atoms with van der Waals surface area (Å²) in [4.78, 5) is 81.6. The Morgan fingerprint density at radius 3 is 1.84 bits per heavy atom. The molecule has 2 aromatic heterocycles. The molecule has 2 aliphatic heterocycles. The standard InChI is InChI=1S/C42H41N5O10S/c48-35-36(49)41(54)46-33(23-30-9-5-19-58-30)39(52)44-31(20-24-10-14-27(15-11-24)26-6-2-1-3-7-26)37(50)45-32(22-29-8-4-18-57-29)38(51)47-34(42(55)56)21-25-12-16-28(17-13-25)43-40(35)53/h1-19,31-36,48-49H,20-23H2,(H,43,53)(H,44,52)(H,45,50)(H,46,54)(H,47,51)(H,55,56)/t31-,32+,33+,34-,35+,36+/m0/s1. The average molecular weight is 808 g/mol. The number of aliphatic hydroxyl groups is 2. The lowest BCUT2D eigenvalue weighted by atomic mass is 9.99. The predicted octanol–water partition coefficient (Wildman–Crippen LogP) is 1.98. The van der Waals surface area contributed by atoms with Crippen LogP contribution in [0.5, 0.6) is 0 Å². The first-order valence-corrected chi connectivity index (χ1v) is 19.2. The molecule has 0 unspecified atom stereocenters. The summed E-state index contributed by atoms with van der Waals surface area (Å²) in [5.41, 5.74) is 3.08. The highest BCUT2D eigenvalue weighted by Crippen LogP contribution is 2.21. The summed E-state index contributed by atoms with van der Waals surface area (Å²) in [6, 6.07) is 23.7. The van der Waals surface area contributed by atoms with E-state index in [-0.39, 0.29) is 31.4 Å². The van der Waals surface area contributed by atoms with E-state index in [1.54, 1.807) is 41.8 Å². The normalized spacial score (nSPS) is 22.4. The number of carbonyl (C=O) groups is 6. The first-order valence-electron chi connectivity index (χ1n) is 18.3. The fraction of sp³-hybridized carbons (Fsp3) is 0.238. The molecule has 4 heterocycles. The minimum absolute atomic E-state index is 0.0865. The fourth-order valence-electron chi connectivity index (χ4n) is 6.32. The lowest BCUT2D eigenvalue weighted by molar-refractivity contribution is -0.145. The third-order valence-electron chi connectivity index (χ3n) is 9.48. The van der Waals surface area contributed by atoms with E-state index in [4.69, 9.17) is 4.42 Å². The second-order valence-electron chi connectivity index (χ2n) is 13.7. The van der Waals surface area contributed by atoms with Gasteiger partial charge in [-0.1, -0.05) is 72.8 Å². The van der Waals surface area contributed by atoms with Gasteiger partial charge in [0, 0.05) is 36.2 Å². The molecular weight excluding hydrogens is 767 g/mol. The second kappa shape index (κ2) is 19.0. The van der Waals surface area contributed by atoms with Crippen molar-refractivity contribution in [2.45, 2.75) is 62.1 Å². The van der Waals surface area contributed by atoms with Crippen LogP contribution in [0.2, 0.25) is 0 Å². The van der Waals surface area contributed by atoms with Crippen LogP contribution in [0.3, 0.4) is 0 Å². The molecule has 0 radical (unpaired) electrons. The zero-order valence-corrected chi connectivity index (χ0v) is 31.7. The maximum Gasteiger partial charge on any atom is 0.326 e. The van der Waals surface area contributed by atoms with E-state index >= 15 is 0 Å². The number of carboxylic acids is 1. The van der Waals surface area contributed by atoms with Crippen molar-refractivity contribution < 1.29 is 48.5 Å². The first-order chi connectivity index (χ1) is 27.9. The summed E-state index contributed by atoms with van der Waals surface area (Å²) in [6.07, 6.45) is -3.71. The number of aliphatic carboxylic acids is 1. The number of anilines is 1. The summed E-state index contributed by atoms with van der Waals surface area (Å²) < 4.78 is 5.47. The molecule has 0 saturated carbocycles. The van der Waals surface area contributed by atoms with Gasteiger partial charge in [0.1, 0.15) is 29.9 Å². The van der Waals surface area contributed by atoms with Gasteiger partial charge >= 0.3 is 5.97 Å². The molecule has 0 fully saturated rings. The van der Waals surface area contributed by atoms with Crippen molar-refractivity contribution in [1.29, 1.82) is 0 Å². The molecule has 300 valence electrons. The minimum atomic E-state index is -2.30. The van der Waals surface area contributed by atoms with E-state index in [1.807, 2.05) is 42.5 Å². The van der Waals surface area contributed by atoms with E-state index in [9.17, 15) is 44.1 Å². The Kier molecular flexibility index (Phi) is 13.4. The van der Waals surface area contributed by atoms with Gasteiger partial charge < -0.3 is 46.3 Å². The maximum atomic E-state index is 14.3. The Bertz CT molecular complexity index is 2200. The Labute approximate surface area is 336 Å². The monoisotopic (exact) mass is 807 g/mol. The number of carboxylic acid groups (broad SMARTS) is 1. The number of aliphatic hydroxyl groups excluding tert-OH is 2. The SMILES string of the molecule is O=C(O)[C@@H]1Cc2ccc(cc2)NC(=O)[C@H](O)[C@@H](O)C(=O)N[C@H](Cc2cccs2)C(=O)N[C@@H](Cc2ccc(-c3ccccc3)cc2)C(=O)N[C@H](Cc2ccco2)C(=O)N1. The van der Waals surface area contributed by atoms with Crippen molar-refractivity contribution in [2.75, 3.05) is 5.32 Å². The molecular formula is C42H41N5O10S. The number of fused-ring (bicyclic) bond motifs is 18. The van der Waals surface area contributed by atoms with Gasteiger partial charge in [-0.25, -0.2) is 4.79 Å². The summed E-state index contributed by atoms with van der Waals surface area (Å²) in [6.45, 7) is 0. The third kappa shape index (κ3) is 10.8. The van der Waals surface area contributed by atoms with Crippen LogP contribution in [0, 0.1) is 0 Å². The predicted molar refractivity (Wildman–Crippen MR) is 212 cm³/mol. The minimum Gasteiger partial charge on any atom is -0.480 e. The number of amides is 5. The molecule has 3 aromatic carbocycles. The maximum absolute atomic E-state index is 14.3. The molecule has 15 nitrogen and oxygen atoms in total. The van der Waals surface area contributed by atoms with Crippen molar-refractivity contribution >= 4 is 52.5 Å². The van der Waals surface area contributed by atoms with Crippen LogP contribution in [-0.2, 0) is 54.5 Å². The van der Waals surface area contributed by atoms with Crippen molar-refractivity contribution in [2.24, 2.45) is 0 Å². The fourth-order valence-corrected chi connectivity index (χ4v) is 7.08. The molecule has 0 aliphatic carbocycles. The van der Waals surface area contributed by atoms with E-state index in [0.29, 0.717) is 21.8 Å². The Morgan fingerprint density at radius 1 is 0.621 bits per heavy atom. The summed E-state index contributed by atoms with van der Waals surface area (Å²) in [5.74, 6) is -5.90. The van der Waals surface area contributed by atoms with E-state index in [2.05, 4.69) is 26.6 Å². The topological polar surface area (TPSA) is 236 Å². The molecule has 5 amide bonds. The van der Waals surface area contributed by atoms with Crippen LogP contribution in [0.25, 0.3) is 11.1 Å². The lowest BCUT2D eigenvalue weighted by Crippen LogP contribution is -2.60. The Morgan fingerprint density at radius 2 is 1.22 bits per heavy atom. The number of hydrogen-bond acceptors (Lipinski definition) is 10. The molecule has 0 spiro atoms. The van der Waals surface area contributed by atoms with Gasteiger partial charge in [0.15, 0.2) is 12.2 Å².